The maximum absolute atomic E-state index is 5.94. The average Bonchev–Trinajstić information content (AvgIpc) is 2.57. The van der Waals surface area contributed by atoms with Gasteiger partial charge in [-0.3, -0.25) is 0 Å². The molecular formula is C18H32N6. The average molecular weight is 332 g/mol. The molecule has 6 heteroatoms. The van der Waals surface area contributed by atoms with E-state index >= 15 is 0 Å². The normalized spacial score (nSPS) is 23.8. The first-order valence-electron chi connectivity index (χ1n) is 9.31. The molecule has 1 aromatic heterocycles. The van der Waals surface area contributed by atoms with Crippen molar-refractivity contribution in [3.63, 3.8) is 0 Å². The molecule has 0 amide bonds. The zero-order chi connectivity index (χ0) is 17.1. The van der Waals surface area contributed by atoms with Gasteiger partial charge in [0.1, 0.15) is 5.82 Å². The number of nitrogens with two attached hydrogens (primary N) is 1. The highest BCUT2D eigenvalue weighted by atomic mass is 15.3. The molecule has 3 heterocycles. The Morgan fingerprint density at radius 3 is 2.62 bits per heavy atom. The molecule has 0 spiro atoms. The van der Waals surface area contributed by atoms with Crippen LogP contribution in [0.2, 0.25) is 0 Å². The SMILES string of the molecule is CC(C)c1cc(N2CCCC(CN3CCN(C)CC3)C2)nc(N)n1. The third kappa shape index (κ3) is 4.36. The summed E-state index contributed by atoms with van der Waals surface area (Å²) in [6.07, 6.45) is 2.56. The van der Waals surface area contributed by atoms with E-state index in [9.17, 15) is 0 Å². The van der Waals surface area contributed by atoms with Gasteiger partial charge >= 0.3 is 0 Å². The number of nitrogen functional groups attached to an aromatic ring is 1. The molecule has 1 atom stereocenters. The van der Waals surface area contributed by atoms with Gasteiger partial charge in [-0.25, -0.2) is 4.98 Å². The molecule has 0 bridgehead atoms. The van der Waals surface area contributed by atoms with Gasteiger partial charge in [-0.2, -0.15) is 4.98 Å². The predicted octanol–water partition coefficient (Wildman–Crippen LogP) is 1.65. The molecule has 1 aromatic rings. The minimum Gasteiger partial charge on any atom is -0.368 e. The van der Waals surface area contributed by atoms with Crippen molar-refractivity contribution in [2.75, 3.05) is 63.5 Å². The summed E-state index contributed by atoms with van der Waals surface area (Å²) in [6.45, 7) is 12.5. The summed E-state index contributed by atoms with van der Waals surface area (Å²) in [5.41, 5.74) is 6.98. The molecule has 6 nitrogen and oxygen atoms in total. The van der Waals surface area contributed by atoms with E-state index in [1.54, 1.807) is 0 Å². The molecule has 134 valence electrons. The van der Waals surface area contributed by atoms with Crippen LogP contribution in [-0.4, -0.2) is 72.6 Å². The van der Waals surface area contributed by atoms with Gasteiger partial charge in [-0.15, -0.1) is 0 Å². The zero-order valence-electron chi connectivity index (χ0n) is 15.4. The summed E-state index contributed by atoms with van der Waals surface area (Å²) in [5, 5.41) is 0. The number of aromatic nitrogens is 2. The van der Waals surface area contributed by atoms with Crippen molar-refractivity contribution in [3.8, 4) is 0 Å². The van der Waals surface area contributed by atoms with Crippen LogP contribution in [0.5, 0.6) is 0 Å². The molecule has 0 radical (unpaired) electrons. The van der Waals surface area contributed by atoms with Gasteiger partial charge in [0.25, 0.3) is 0 Å². The van der Waals surface area contributed by atoms with Gasteiger partial charge in [0, 0.05) is 51.9 Å². The molecule has 3 rings (SSSR count). The number of rotatable bonds is 4. The minimum absolute atomic E-state index is 0.375. The molecule has 2 aliphatic rings. The van der Waals surface area contributed by atoms with Gasteiger partial charge < -0.3 is 20.4 Å². The Hall–Kier alpha value is -1.40. The Balaban J connectivity index is 1.63. The van der Waals surface area contributed by atoms with Crippen LogP contribution in [0.1, 0.15) is 38.3 Å². The largest absolute Gasteiger partial charge is 0.368 e. The van der Waals surface area contributed by atoms with Crippen LogP contribution in [0.15, 0.2) is 6.07 Å². The topological polar surface area (TPSA) is 61.5 Å². The second-order valence-electron chi connectivity index (χ2n) is 7.72. The number of hydrogen-bond acceptors (Lipinski definition) is 6. The Kier molecular flexibility index (Phi) is 5.56. The van der Waals surface area contributed by atoms with Crippen molar-refractivity contribution in [3.05, 3.63) is 11.8 Å². The third-order valence-electron chi connectivity index (χ3n) is 5.30. The van der Waals surface area contributed by atoms with Crippen molar-refractivity contribution < 1.29 is 0 Å². The fraction of sp³-hybridized carbons (Fsp3) is 0.778. The molecule has 2 fully saturated rings. The monoisotopic (exact) mass is 332 g/mol. The molecule has 2 N–H and O–H groups in total. The molecule has 1 unspecified atom stereocenters. The first-order chi connectivity index (χ1) is 11.5. The lowest BCUT2D eigenvalue weighted by molar-refractivity contribution is 0.131. The molecule has 0 aromatic carbocycles. The third-order valence-corrected chi connectivity index (χ3v) is 5.30. The lowest BCUT2D eigenvalue weighted by Crippen LogP contribution is -2.48. The van der Waals surface area contributed by atoms with Gasteiger partial charge in [0.2, 0.25) is 5.95 Å². The summed E-state index contributed by atoms with van der Waals surface area (Å²) in [5.74, 6) is 2.51. The standard InChI is InChI=1S/C18H32N6/c1-14(2)16-11-17(21-18(19)20-16)24-6-4-5-15(13-24)12-23-9-7-22(3)8-10-23/h11,14-15H,4-10,12-13H2,1-3H3,(H2,19,20,21). The molecule has 0 saturated carbocycles. The lowest BCUT2D eigenvalue weighted by Gasteiger charge is -2.39. The maximum atomic E-state index is 5.94. The van der Waals surface area contributed by atoms with E-state index < -0.39 is 0 Å². The summed E-state index contributed by atoms with van der Waals surface area (Å²) in [7, 11) is 2.21. The Morgan fingerprint density at radius 2 is 1.92 bits per heavy atom. The highest BCUT2D eigenvalue weighted by molar-refractivity contribution is 5.44. The fourth-order valence-corrected chi connectivity index (χ4v) is 3.75. The Bertz CT molecular complexity index is 538. The summed E-state index contributed by atoms with van der Waals surface area (Å²) in [4.78, 5) is 16.3. The maximum Gasteiger partial charge on any atom is 0.222 e. The van der Waals surface area contributed by atoms with E-state index in [4.69, 9.17) is 5.73 Å². The minimum atomic E-state index is 0.375. The second kappa shape index (κ2) is 7.66. The quantitative estimate of drug-likeness (QED) is 0.904. The number of piperidine rings is 1. The van der Waals surface area contributed by atoms with Crippen LogP contribution in [0.3, 0.4) is 0 Å². The molecular weight excluding hydrogens is 300 g/mol. The van der Waals surface area contributed by atoms with Crippen LogP contribution in [0.25, 0.3) is 0 Å². The van der Waals surface area contributed by atoms with Crippen molar-refractivity contribution in [1.29, 1.82) is 0 Å². The molecule has 2 saturated heterocycles. The zero-order valence-corrected chi connectivity index (χ0v) is 15.4. The Morgan fingerprint density at radius 1 is 1.17 bits per heavy atom. The lowest BCUT2D eigenvalue weighted by atomic mass is 9.97. The van der Waals surface area contributed by atoms with E-state index in [1.807, 2.05) is 0 Å². The van der Waals surface area contributed by atoms with Gasteiger partial charge in [0.05, 0.1) is 5.69 Å². The summed E-state index contributed by atoms with van der Waals surface area (Å²) < 4.78 is 0. The van der Waals surface area contributed by atoms with Gasteiger partial charge in [-0.1, -0.05) is 13.8 Å². The Labute approximate surface area is 146 Å². The first-order valence-corrected chi connectivity index (χ1v) is 9.31. The number of nitrogens with zero attached hydrogens (tertiary/aromatic N) is 5. The molecule has 0 aliphatic carbocycles. The first kappa shape index (κ1) is 17.4. The van der Waals surface area contributed by atoms with Crippen molar-refractivity contribution in [1.82, 2.24) is 19.8 Å². The van der Waals surface area contributed by atoms with E-state index in [1.165, 1.54) is 45.6 Å². The van der Waals surface area contributed by atoms with Crippen LogP contribution < -0.4 is 10.6 Å². The highest BCUT2D eigenvalue weighted by Crippen LogP contribution is 2.25. The van der Waals surface area contributed by atoms with Crippen LogP contribution in [0, 0.1) is 5.92 Å². The van der Waals surface area contributed by atoms with Crippen LogP contribution in [0.4, 0.5) is 11.8 Å². The number of likely N-dealkylation sites (N-methyl/N-ethyl adjacent to an activating group) is 1. The predicted molar refractivity (Wildman–Crippen MR) is 99.4 cm³/mol. The smallest absolute Gasteiger partial charge is 0.222 e. The highest BCUT2D eigenvalue weighted by Gasteiger charge is 2.25. The van der Waals surface area contributed by atoms with Gasteiger partial charge in [0.15, 0.2) is 0 Å². The molecule has 24 heavy (non-hydrogen) atoms. The molecule has 2 aliphatic heterocycles. The summed E-state index contributed by atoms with van der Waals surface area (Å²) in [6, 6.07) is 2.12. The number of hydrogen-bond donors (Lipinski definition) is 1. The van der Waals surface area contributed by atoms with E-state index in [0.717, 1.165) is 30.5 Å². The fourth-order valence-electron chi connectivity index (χ4n) is 3.75. The van der Waals surface area contributed by atoms with E-state index in [2.05, 4.69) is 51.6 Å². The van der Waals surface area contributed by atoms with Crippen molar-refractivity contribution in [2.24, 2.45) is 5.92 Å². The van der Waals surface area contributed by atoms with Gasteiger partial charge in [-0.05, 0) is 31.7 Å². The number of piperazine rings is 1. The van der Waals surface area contributed by atoms with Crippen LogP contribution >= 0.6 is 0 Å². The van der Waals surface area contributed by atoms with E-state index in [-0.39, 0.29) is 0 Å². The summed E-state index contributed by atoms with van der Waals surface area (Å²) >= 11 is 0. The van der Waals surface area contributed by atoms with Crippen molar-refractivity contribution >= 4 is 11.8 Å². The number of anilines is 2. The van der Waals surface area contributed by atoms with Crippen LogP contribution in [-0.2, 0) is 0 Å². The second-order valence-corrected chi connectivity index (χ2v) is 7.72. The van der Waals surface area contributed by atoms with Crippen molar-refractivity contribution in [2.45, 2.75) is 32.6 Å². The van der Waals surface area contributed by atoms with E-state index in [0.29, 0.717) is 11.9 Å².